The molecule has 82 valence electrons. The Kier molecular flexibility index (Phi) is 3.46. The van der Waals surface area contributed by atoms with Crippen LogP contribution in [0.2, 0.25) is 0 Å². The summed E-state index contributed by atoms with van der Waals surface area (Å²) in [7, 11) is 0. The molecule has 3 N–H and O–H groups in total. The van der Waals surface area contributed by atoms with Crippen molar-refractivity contribution in [2.45, 2.75) is 25.7 Å². The first-order chi connectivity index (χ1) is 7.25. The number of nitrogens with zero attached hydrogens (tertiary/aromatic N) is 1. The van der Waals surface area contributed by atoms with E-state index in [9.17, 15) is 0 Å². The Morgan fingerprint density at radius 1 is 1.53 bits per heavy atom. The molecule has 0 bridgehead atoms. The van der Waals surface area contributed by atoms with Crippen molar-refractivity contribution < 1.29 is 0 Å². The molecule has 0 aromatic carbocycles. The molecular formula is C11H16BrN3. The van der Waals surface area contributed by atoms with E-state index in [1.165, 1.54) is 25.7 Å². The molecule has 2 rings (SSSR count). The van der Waals surface area contributed by atoms with E-state index >= 15 is 0 Å². The zero-order valence-corrected chi connectivity index (χ0v) is 10.3. The van der Waals surface area contributed by atoms with Crippen LogP contribution in [0.25, 0.3) is 0 Å². The van der Waals surface area contributed by atoms with E-state index in [-0.39, 0.29) is 0 Å². The van der Waals surface area contributed by atoms with Crippen LogP contribution in [0, 0.1) is 5.92 Å². The predicted octanol–water partition coefficient (Wildman–Crippen LogP) is 3.03. The average Bonchev–Trinajstić information content (AvgIpc) is 2.12. The first-order valence-corrected chi connectivity index (χ1v) is 6.20. The maximum absolute atomic E-state index is 5.61. The zero-order chi connectivity index (χ0) is 10.7. The summed E-state index contributed by atoms with van der Waals surface area (Å²) in [6, 6.07) is 1.87. The van der Waals surface area contributed by atoms with Crippen LogP contribution in [0.5, 0.6) is 0 Å². The third kappa shape index (κ3) is 2.84. The number of hydrogen-bond acceptors (Lipinski definition) is 3. The molecule has 0 amide bonds. The molecule has 0 aliphatic heterocycles. The highest BCUT2D eigenvalue weighted by molar-refractivity contribution is 9.10. The molecule has 15 heavy (non-hydrogen) atoms. The largest absolute Gasteiger partial charge is 0.397 e. The van der Waals surface area contributed by atoms with E-state index in [2.05, 4.69) is 26.2 Å². The van der Waals surface area contributed by atoms with Crippen LogP contribution < -0.4 is 11.1 Å². The van der Waals surface area contributed by atoms with Gasteiger partial charge in [-0.05, 0) is 34.3 Å². The van der Waals surface area contributed by atoms with Gasteiger partial charge in [0.15, 0.2) is 0 Å². The number of anilines is 2. The Balaban J connectivity index is 1.81. The van der Waals surface area contributed by atoms with Gasteiger partial charge in [0.05, 0.1) is 16.4 Å². The minimum absolute atomic E-state index is 0.686. The Bertz CT molecular complexity index is 337. The van der Waals surface area contributed by atoms with Crippen molar-refractivity contribution in [1.29, 1.82) is 0 Å². The molecular weight excluding hydrogens is 254 g/mol. The normalized spacial score (nSPS) is 16.1. The number of rotatable bonds is 4. The van der Waals surface area contributed by atoms with Gasteiger partial charge in [-0.2, -0.15) is 0 Å². The summed E-state index contributed by atoms with van der Waals surface area (Å²) in [5.74, 6) is 1.83. The molecule has 0 spiro atoms. The highest BCUT2D eigenvalue weighted by Crippen LogP contribution is 2.29. The number of nitrogen functional groups attached to an aromatic ring is 1. The molecule has 1 aromatic heterocycles. The van der Waals surface area contributed by atoms with Gasteiger partial charge < -0.3 is 11.1 Å². The fraction of sp³-hybridized carbons (Fsp3) is 0.545. The molecule has 1 saturated carbocycles. The lowest BCUT2D eigenvalue weighted by Crippen LogP contribution is -2.16. The fourth-order valence-electron chi connectivity index (χ4n) is 1.76. The second-order valence-electron chi connectivity index (χ2n) is 4.11. The van der Waals surface area contributed by atoms with Crippen molar-refractivity contribution in [3.63, 3.8) is 0 Å². The third-order valence-electron chi connectivity index (χ3n) is 2.93. The minimum Gasteiger partial charge on any atom is -0.397 e. The minimum atomic E-state index is 0.686. The van der Waals surface area contributed by atoms with Crippen molar-refractivity contribution in [1.82, 2.24) is 4.98 Å². The monoisotopic (exact) mass is 269 g/mol. The lowest BCUT2D eigenvalue weighted by atomic mass is 9.83. The smallest absolute Gasteiger partial charge is 0.140 e. The highest BCUT2D eigenvalue weighted by atomic mass is 79.9. The van der Waals surface area contributed by atoms with Crippen molar-refractivity contribution in [2.24, 2.45) is 5.92 Å². The Morgan fingerprint density at radius 3 is 2.93 bits per heavy atom. The van der Waals surface area contributed by atoms with Gasteiger partial charge in [-0.3, -0.25) is 0 Å². The zero-order valence-electron chi connectivity index (χ0n) is 8.67. The van der Waals surface area contributed by atoms with Crippen LogP contribution >= 0.6 is 15.9 Å². The summed E-state index contributed by atoms with van der Waals surface area (Å²) < 4.78 is 0.941. The summed E-state index contributed by atoms with van der Waals surface area (Å²) in [4.78, 5) is 4.24. The summed E-state index contributed by atoms with van der Waals surface area (Å²) in [6.45, 7) is 1.00. The molecule has 1 aliphatic rings. The van der Waals surface area contributed by atoms with Crippen LogP contribution in [0.4, 0.5) is 11.5 Å². The molecule has 0 saturated heterocycles. The quantitative estimate of drug-likeness (QED) is 0.884. The number of halogens is 1. The average molecular weight is 270 g/mol. The molecule has 1 fully saturated rings. The number of nitrogens with two attached hydrogens (primary N) is 1. The van der Waals surface area contributed by atoms with Gasteiger partial charge in [-0.25, -0.2) is 4.98 Å². The van der Waals surface area contributed by atoms with Gasteiger partial charge in [0, 0.05) is 6.54 Å². The summed E-state index contributed by atoms with van der Waals surface area (Å²) >= 11 is 3.44. The number of nitrogens with one attached hydrogen (secondary N) is 1. The molecule has 1 aliphatic carbocycles. The fourth-order valence-corrected chi connectivity index (χ4v) is 2.27. The summed E-state index contributed by atoms with van der Waals surface area (Å²) in [6.07, 6.45) is 7.14. The third-order valence-corrected chi connectivity index (χ3v) is 3.54. The Morgan fingerprint density at radius 2 is 2.33 bits per heavy atom. The van der Waals surface area contributed by atoms with Gasteiger partial charge in [-0.15, -0.1) is 0 Å². The summed E-state index contributed by atoms with van der Waals surface area (Å²) in [5.41, 5.74) is 6.30. The van der Waals surface area contributed by atoms with Crippen molar-refractivity contribution in [3.8, 4) is 0 Å². The van der Waals surface area contributed by atoms with E-state index in [4.69, 9.17) is 5.73 Å². The first kappa shape index (κ1) is 10.7. The highest BCUT2D eigenvalue weighted by Gasteiger charge is 2.16. The van der Waals surface area contributed by atoms with E-state index in [0.29, 0.717) is 5.69 Å². The van der Waals surface area contributed by atoms with E-state index in [1.807, 2.05) is 6.07 Å². The van der Waals surface area contributed by atoms with E-state index < -0.39 is 0 Å². The number of aromatic nitrogens is 1. The van der Waals surface area contributed by atoms with Crippen LogP contribution in [0.15, 0.2) is 16.7 Å². The maximum Gasteiger partial charge on any atom is 0.140 e. The van der Waals surface area contributed by atoms with Crippen LogP contribution in [0.3, 0.4) is 0 Å². The van der Waals surface area contributed by atoms with Crippen molar-refractivity contribution in [2.75, 3.05) is 17.6 Å². The standard InChI is InChI=1S/C11H16BrN3/c12-10-6-9(13)7-15-11(10)14-5-4-8-2-1-3-8/h6-8H,1-5,13H2,(H,14,15). The van der Waals surface area contributed by atoms with Crippen LogP contribution in [-0.4, -0.2) is 11.5 Å². The topological polar surface area (TPSA) is 50.9 Å². The van der Waals surface area contributed by atoms with Crippen LogP contribution in [0.1, 0.15) is 25.7 Å². The number of hydrogen-bond donors (Lipinski definition) is 2. The van der Waals surface area contributed by atoms with E-state index in [1.54, 1.807) is 6.20 Å². The predicted molar refractivity (Wildman–Crippen MR) is 66.8 cm³/mol. The van der Waals surface area contributed by atoms with Crippen molar-refractivity contribution in [3.05, 3.63) is 16.7 Å². The second kappa shape index (κ2) is 4.84. The molecule has 0 atom stereocenters. The van der Waals surface area contributed by atoms with Gasteiger partial charge in [0.25, 0.3) is 0 Å². The molecule has 3 nitrogen and oxygen atoms in total. The Labute approximate surface area is 98.6 Å². The van der Waals surface area contributed by atoms with Gasteiger partial charge in [0.2, 0.25) is 0 Å². The molecule has 0 radical (unpaired) electrons. The van der Waals surface area contributed by atoms with Gasteiger partial charge >= 0.3 is 0 Å². The molecule has 1 heterocycles. The van der Waals surface area contributed by atoms with Crippen LogP contribution in [-0.2, 0) is 0 Å². The van der Waals surface area contributed by atoms with Gasteiger partial charge in [0.1, 0.15) is 5.82 Å². The lowest BCUT2D eigenvalue weighted by Gasteiger charge is -2.25. The Hall–Kier alpha value is -0.770. The molecule has 4 heteroatoms. The summed E-state index contributed by atoms with van der Waals surface area (Å²) in [5, 5.41) is 3.33. The van der Waals surface area contributed by atoms with Gasteiger partial charge in [-0.1, -0.05) is 19.3 Å². The number of pyridine rings is 1. The van der Waals surface area contributed by atoms with Crippen molar-refractivity contribution >= 4 is 27.4 Å². The lowest BCUT2D eigenvalue weighted by molar-refractivity contribution is 0.303. The second-order valence-corrected chi connectivity index (χ2v) is 4.97. The first-order valence-electron chi connectivity index (χ1n) is 5.40. The maximum atomic E-state index is 5.61. The van der Waals surface area contributed by atoms with E-state index in [0.717, 1.165) is 22.8 Å². The SMILES string of the molecule is Nc1cnc(NCCC2CCC2)c(Br)c1. The molecule has 0 unspecified atom stereocenters. The molecule has 1 aromatic rings.